The van der Waals surface area contributed by atoms with Crippen LogP contribution in [0, 0.1) is 17.0 Å². The molecule has 0 atom stereocenters. The summed E-state index contributed by atoms with van der Waals surface area (Å²) in [6.07, 6.45) is 0. The number of aryl methyl sites for hydroxylation is 1. The summed E-state index contributed by atoms with van der Waals surface area (Å²) in [5.41, 5.74) is 1.41. The van der Waals surface area contributed by atoms with E-state index in [0.717, 1.165) is 4.90 Å². The predicted octanol–water partition coefficient (Wildman–Crippen LogP) is 3.05. The Morgan fingerprint density at radius 2 is 1.65 bits per heavy atom. The number of anilines is 2. The molecule has 0 heterocycles. The molecule has 0 saturated carbocycles. The van der Waals surface area contributed by atoms with E-state index in [1.54, 1.807) is 19.1 Å². The van der Waals surface area contributed by atoms with Crippen molar-refractivity contribution in [1.82, 2.24) is 0 Å². The monoisotopic (exact) mass is 355 g/mol. The van der Waals surface area contributed by atoms with E-state index in [9.17, 15) is 24.5 Å². The lowest BCUT2D eigenvalue weighted by molar-refractivity contribution is -0.384. The van der Waals surface area contributed by atoms with Gasteiger partial charge in [0.15, 0.2) is 0 Å². The van der Waals surface area contributed by atoms with Gasteiger partial charge in [-0.25, -0.2) is 4.90 Å². The molecule has 0 aliphatic rings. The number of carbonyl (C=O) groups excluding carboxylic acids is 3. The Labute approximate surface area is 149 Å². The lowest BCUT2D eigenvalue weighted by Crippen LogP contribution is -2.35. The topological polar surface area (TPSA) is 110 Å². The van der Waals surface area contributed by atoms with Gasteiger partial charge in [-0.05, 0) is 36.8 Å². The maximum atomic E-state index is 12.8. The maximum absolute atomic E-state index is 12.8. The highest BCUT2D eigenvalue weighted by Crippen LogP contribution is 2.26. The van der Waals surface area contributed by atoms with Crippen LogP contribution in [0.4, 0.5) is 17.1 Å². The van der Waals surface area contributed by atoms with Crippen molar-refractivity contribution in [3.05, 3.63) is 63.7 Å². The van der Waals surface area contributed by atoms with Crippen LogP contribution in [0.3, 0.4) is 0 Å². The third-order valence-electron chi connectivity index (χ3n) is 3.61. The molecule has 0 fully saturated rings. The number of imide groups is 1. The minimum Gasteiger partial charge on any atom is -0.326 e. The fourth-order valence-corrected chi connectivity index (χ4v) is 2.41. The number of rotatable bonds is 4. The highest BCUT2D eigenvalue weighted by Gasteiger charge is 2.24. The van der Waals surface area contributed by atoms with Gasteiger partial charge in [0.2, 0.25) is 11.8 Å². The molecule has 0 aliphatic carbocycles. The zero-order chi connectivity index (χ0) is 19.4. The molecule has 0 aliphatic heterocycles. The summed E-state index contributed by atoms with van der Waals surface area (Å²) in [7, 11) is 0. The van der Waals surface area contributed by atoms with Gasteiger partial charge in [0.25, 0.3) is 11.6 Å². The smallest absolute Gasteiger partial charge is 0.269 e. The largest absolute Gasteiger partial charge is 0.326 e. The molecule has 0 spiro atoms. The van der Waals surface area contributed by atoms with Crippen LogP contribution < -0.4 is 10.2 Å². The van der Waals surface area contributed by atoms with Gasteiger partial charge in [-0.1, -0.05) is 6.07 Å². The normalized spacial score (nSPS) is 10.1. The Morgan fingerprint density at radius 1 is 1.04 bits per heavy atom. The lowest BCUT2D eigenvalue weighted by atomic mass is 10.1. The molecular formula is C18H17N3O5. The van der Waals surface area contributed by atoms with E-state index in [1.807, 2.05) is 0 Å². The van der Waals surface area contributed by atoms with E-state index in [4.69, 9.17) is 0 Å². The number of amides is 3. The summed E-state index contributed by atoms with van der Waals surface area (Å²) < 4.78 is 0. The third kappa shape index (κ3) is 4.10. The quantitative estimate of drug-likeness (QED) is 0.669. The van der Waals surface area contributed by atoms with Crippen molar-refractivity contribution >= 4 is 34.8 Å². The van der Waals surface area contributed by atoms with Gasteiger partial charge in [0.05, 0.1) is 10.6 Å². The van der Waals surface area contributed by atoms with Crippen molar-refractivity contribution in [2.45, 2.75) is 20.8 Å². The number of nitro benzene ring substituents is 1. The molecule has 0 aromatic heterocycles. The molecule has 1 N–H and O–H groups in total. The summed E-state index contributed by atoms with van der Waals surface area (Å²) >= 11 is 0. The van der Waals surface area contributed by atoms with Crippen molar-refractivity contribution in [1.29, 1.82) is 0 Å². The van der Waals surface area contributed by atoms with Gasteiger partial charge in [-0.3, -0.25) is 24.5 Å². The molecule has 0 unspecified atom stereocenters. The van der Waals surface area contributed by atoms with Gasteiger partial charge in [0, 0.05) is 37.2 Å². The van der Waals surface area contributed by atoms with Crippen molar-refractivity contribution in [3.63, 3.8) is 0 Å². The Hall–Kier alpha value is -3.55. The first-order chi connectivity index (χ1) is 12.2. The van der Waals surface area contributed by atoms with E-state index in [-0.39, 0.29) is 17.2 Å². The standard InChI is InChI=1S/C18H17N3O5/c1-11-4-7-15(19-12(2)22)10-17(11)20(13(3)23)18(24)14-5-8-16(9-6-14)21(25)26/h4-10H,1-3H3,(H,19,22). The van der Waals surface area contributed by atoms with Crippen molar-refractivity contribution < 1.29 is 19.3 Å². The number of nitrogens with one attached hydrogen (secondary N) is 1. The summed E-state index contributed by atoms with van der Waals surface area (Å²) in [4.78, 5) is 47.3. The van der Waals surface area contributed by atoms with Crippen molar-refractivity contribution in [2.24, 2.45) is 0 Å². The van der Waals surface area contributed by atoms with E-state index in [0.29, 0.717) is 16.9 Å². The number of hydrogen-bond donors (Lipinski definition) is 1. The molecule has 0 bridgehead atoms. The molecule has 26 heavy (non-hydrogen) atoms. The van der Waals surface area contributed by atoms with Gasteiger partial charge >= 0.3 is 0 Å². The van der Waals surface area contributed by atoms with E-state index >= 15 is 0 Å². The molecule has 0 radical (unpaired) electrons. The minimum absolute atomic E-state index is 0.134. The van der Waals surface area contributed by atoms with Crippen LogP contribution in [0.2, 0.25) is 0 Å². The second kappa shape index (κ2) is 7.56. The summed E-state index contributed by atoms with van der Waals surface area (Å²) in [5, 5.41) is 13.3. The Morgan fingerprint density at radius 3 is 2.15 bits per heavy atom. The number of nitrogens with zero attached hydrogens (tertiary/aromatic N) is 2. The highest BCUT2D eigenvalue weighted by atomic mass is 16.6. The minimum atomic E-state index is -0.615. The van der Waals surface area contributed by atoms with Gasteiger partial charge in [-0.15, -0.1) is 0 Å². The fourth-order valence-electron chi connectivity index (χ4n) is 2.41. The Balaban J connectivity index is 2.45. The number of non-ortho nitro benzene ring substituents is 1. The van der Waals surface area contributed by atoms with E-state index in [2.05, 4.69) is 5.32 Å². The molecule has 8 heteroatoms. The first-order valence-corrected chi connectivity index (χ1v) is 7.68. The number of carbonyl (C=O) groups is 3. The first-order valence-electron chi connectivity index (χ1n) is 7.68. The zero-order valence-corrected chi connectivity index (χ0v) is 14.5. The molecule has 2 rings (SSSR count). The number of nitro groups is 1. The van der Waals surface area contributed by atoms with Crippen molar-refractivity contribution in [2.75, 3.05) is 10.2 Å². The molecule has 3 amide bonds. The number of benzene rings is 2. The first kappa shape index (κ1) is 18.8. The third-order valence-corrected chi connectivity index (χ3v) is 3.61. The predicted molar refractivity (Wildman–Crippen MR) is 96.1 cm³/mol. The van der Waals surface area contributed by atoms with Crippen LogP contribution in [-0.4, -0.2) is 22.6 Å². The van der Waals surface area contributed by atoms with Crippen LogP contribution >= 0.6 is 0 Å². The average molecular weight is 355 g/mol. The van der Waals surface area contributed by atoms with Crippen LogP contribution in [0.25, 0.3) is 0 Å². The lowest BCUT2D eigenvalue weighted by Gasteiger charge is -2.22. The van der Waals surface area contributed by atoms with E-state index < -0.39 is 16.7 Å². The second-order valence-corrected chi connectivity index (χ2v) is 5.65. The summed E-state index contributed by atoms with van der Waals surface area (Å²) in [6.45, 7) is 4.32. The van der Waals surface area contributed by atoms with Crippen LogP contribution in [-0.2, 0) is 9.59 Å². The van der Waals surface area contributed by atoms with Crippen LogP contribution in [0.15, 0.2) is 42.5 Å². The highest BCUT2D eigenvalue weighted by molar-refractivity contribution is 6.21. The Kier molecular flexibility index (Phi) is 5.46. The Bertz CT molecular complexity index is 890. The van der Waals surface area contributed by atoms with Gasteiger partial charge < -0.3 is 5.32 Å². The summed E-state index contributed by atoms with van der Waals surface area (Å²) in [5.74, 6) is -1.41. The molecule has 8 nitrogen and oxygen atoms in total. The summed E-state index contributed by atoms with van der Waals surface area (Å²) in [6, 6.07) is 9.86. The van der Waals surface area contributed by atoms with E-state index in [1.165, 1.54) is 44.2 Å². The molecular weight excluding hydrogens is 338 g/mol. The SMILES string of the molecule is CC(=O)Nc1ccc(C)c(N(C(C)=O)C(=O)c2ccc([N+](=O)[O-])cc2)c1. The van der Waals surface area contributed by atoms with Gasteiger partial charge in [-0.2, -0.15) is 0 Å². The average Bonchev–Trinajstić information content (AvgIpc) is 2.57. The number of hydrogen-bond acceptors (Lipinski definition) is 5. The molecule has 134 valence electrons. The van der Waals surface area contributed by atoms with Gasteiger partial charge in [0.1, 0.15) is 0 Å². The zero-order valence-electron chi connectivity index (χ0n) is 14.5. The van der Waals surface area contributed by atoms with Crippen LogP contribution in [0.5, 0.6) is 0 Å². The second-order valence-electron chi connectivity index (χ2n) is 5.65. The molecule has 2 aromatic carbocycles. The molecule has 0 saturated heterocycles. The maximum Gasteiger partial charge on any atom is 0.269 e. The van der Waals surface area contributed by atoms with Crippen LogP contribution in [0.1, 0.15) is 29.8 Å². The molecule has 2 aromatic rings. The fraction of sp³-hybridized carbons (Fsp3) is 0.167. The van der Waals surface area contributed by atoms with Crippen molar-refractivity contribution in [3.8, 4) is 0 Å².